The van der Waals surface area contributed by atoms with E-state index in [9.17, 15) is 9.59 Å². The van der Waals surface area contributed by atoms with Gasteiger partial charge in [-0.05, 0) is 57.7 Å². The van der Waals surface area contributed by atoms with E-state index >= 15 is 0 Å². The summed E-state index contributed by atoms with van der Waals surface area (Å²) >= 11 is 0. The van der Waals surface area contributed by atoms with E-state index in [4.69, 9.17) is 9.47 Å². The average molecular weight is 430 g/mol. The maximum absolute atomic E-state index is 12.7. The van der Waals surface area contributed by atoms with Crippen molar-refractivity contribution in [3.63, 3.8) is 0 Å². The Kier molecular flexibility index (Phi) is 7.49. The van der Waals surface area contributed by atoms with Gasteiger partial charge in [0.1, 0.15) is 0 Å². The second-order valence-corrected chi connectivity index (χ2v) is 7.61. The summed E-state index contributed by atoms with van der Waals surface area (Å²) in [7, 11) is 3.11. The summed E-state index contributed by atoms with van der Waals surface area (Å²) in [5.41, 5.74) is 0.920. The second kappa shape index (κ2) is 10.3. The van der Waals surface area contributed by atoms with Crippen LogP contribution in [0.1, 0.15) is 66.4 Å². The predicted molar refractivity (Wildman–Crippen MR) is 116 cm³/mol. The molecule has 2 aromatic rings. The fourth-order valence-electron chi connectivity index (χ4n) is 3.96. The summed E-state index contributed by atoms with van der Waals surface area (Å²) in [4.78, 5) is 26.8. The fraction of sp³-hybridized carbons (Fsp3) is 0.545. The Morgan fingerprint density at radius 2 is 1.77 bits per heavy atom. The van der Waals surface area contributed by atoms with Crippen LogP contribution in [0.4, 0.5) is 0 Å². The van der Waals surface area contributed by atoms with Crippen molar-refractivity contribution in [1.82, 2.24) is 25.2 Å². The lowest BCUT2D eigenvalue weighted by Gasteiger charge is -2.29. The van der Waals surface area contributed by atoms with E-state index in [1.165, 1.54) is 0 Å². The zero-order valence-corrected chi connectivity index (χ0v) is 18.6. The van der Waals surface area contributed by atoms with Crippen molar-refractivity contribution in [2.45, 2.75) is 51.6 Å². The standard InChI is InChI=1S/C22H31N5O4/c1-5-26(6-2)22(29)18-14-27(25-24-18)17-10-8-16(9-11-17)23-21(28)15-7-12-19(30-3)20(13-15)31-4/h7,12-14,16-17H,5-6,8-11H2,1-4H3,(H,23,28). The minimum atomic E-state index is -0.128. The Labute approximate surface area is 182 Å². The van der Waals surface area contributed by atoms with Gasteiger partial charge in [-0.25, -0.2) is 4.68 Å². The molecule has 168 valence electrons. The molecule has 0 saturated heterocycles. The summed E-state index contributed by atoms with van der Waals surface area (Å²) < 4.78 is 12.3. The Balaban J connectivity index is 1.55. The van der Waals surface area contributed by atoms with Crippen molar-refractivity contribution in [2.75, 3.05) is 27.3 Å². The Hall–Kier alpha value is -3.10. The third kappa shape index (κ3) is 5.15. The molecule has 0 spiro atoms. The highest BCUT2D eigenvalue weighted by molar-refractivity contribution is 5.95. The summed E-state index contributed by atoms with van der Waals surface area (Å²) in [5, 5.41) is 11.4. The van der Waals surface area contributed by atoms with E-state index in [-0.39, 0.29) is 23.9 Å². The molecule has 1 saturated carbocycles. The number of carbonyl (C=O) groups is 2. The van der Waals surface area contributed by atoms with Crippen LogP contribution in [0.2, 0.25) is 0 Å². The third-order valence-electron chi connectivity index (χ3n) is 5.83. The second-order valence-electron chi connectivity index (χ2n) is 7.61. The maximum Gasteiger partial charge on any atom is 0.276 e. The van der Waals surface area contributed by atoms with Gasteiger partial charge in [0.2, 0.25) is 0 Å². The number of aromatic nitrogens is 3. The monoisotopic (exact) mass is 429 g/mol. The molecule has 1 N–H and O–H groups in total. The minimum Gasteiger partial charge on any atom is -0.493 e. The highest BCUT2D eigenvalue weighted by atomic mass is 16.5. The molecule has 0 unspecified atom stereocenters. The summed E-state index contributed by atoms with van der Waals surface area (Å²) in [6.45, 7) is 5.19. The Bertz CT molecular complexity index is 901. The Morgan fingerprint density at radius 3 is 2.39 bits per heavy atom. The molecular formula is C22H31N5O4. The van der Waals surface area contributed by atoms with Crippen LogP contribution in [0.25, 0.3) is 0 Å². The molecule has 1 aliphatic rings. The van der Waals surface area contributed by atoms with Gasteiger partial charge in [-0.2, -0.15) is 0 Å². The smallest absolute Gasteiger partial charge is 0.276 e. The minimum absolute atomic E-state index is 0.0906. The number of ether oxygens (including phenoxy) is 2. The molecule has 1 heterocycles. The van der Waals surface area contributed by atoms with Crippen LogP contribution in [0.3, 0.4) is 0 Å². The van der Waals surface area contributed by atoms with Gasteiger partial charge in [0, 0.05) is 24.7 Å². The Morgan fingerprint density at radius 1 is 1.10 bits per heavy atom. The molecular weight excluding hydrogens is 398 g/mol. The SMILES string of the molecule is CCN(CC)C(=O)c1cn(C2CCC(NC(=O)c3ccc(OC)c(OC)c3)CC2)nn1. The molecule has 31 heavy (non-hydrogen) atoms. The highest BCUT2D eigenvalue weighted by Crippen LogP contribution is 2.30. The molecule has 0 radical (unpaired) electrons. The van der Waals surface area contributed by atoms with Crippen LogP contribution in [0.15, 0.2) is 24.4 Å². The first kappa shape index (κ1) is 22.6. The molecule has 0 aliphatic heterocycles. The zero-order chi connectivity index (χ0) is 22.4. The summed E-state index contributed by atoms with van der Waals surface area (Å²) in [5.74, 6) is 0.899. The van der Waals surface area contributed by atoms with E-state index in [1.807, 2.05) is 13.8 Å². The molecule has 9 heteroatoms. The van der Waals surface area contributed by atoms with Crippen molar-refractivity contribution in [1.29, 1.82) is 0 Å². The van der Waals surface area contributed by atoms with Crippen LogP contribution in [0.5, 0.6) is 11.5 Å². The van der Waals surface area contributed by atoms with Gasteiger partial charge in [-0.3, -0.25) is 9.59 Å². The topological polar surface area (TPSA) is 98.6 Å². The molecule has 9 nitrogen and oxygen atoms in total. The normalized spacial score (nSPS) is 18.3. The first-order valence-electron chi connectivity index (χ1n) is 10.7. The van der Waals surface area contributed by atoms with Crippen LogP contribution in [-0.4, -0.2) is 65.1 Å². The van der Waals surface area contributed by atoms with Gasteiger partial charge in [0.05, 0.1) is 26.5 Å². The van der Waals surface area contributed by atoms with Gasteiger partial charge in [-0.15, -0.1) is 5.10 Å². The van der Waals surface area contributed by atoms with E-state index in [1.54, 1.807) is 48.2 Å². The number of methoxy groups -OCH3 is 2. The molecule has 1 fully saturated rings. The number of hydrogen-bond acceptors (Lipinski definition) is 6. The first-order chi connectivity index (χ1) is 15.0. The lowest BCUT2D eigenvalue weighted by Crippen LogP contribution is -2.38. The van der Waals surface area contributed by atoms with Crippen molar-refractivity contribution < 1.29 is 19.1 Å². The summed E-state index contributed by atoms with van der Waals surface area (Å²) in [6, 6.07) is 5.42. The molecule has 1 aromatic carbocycles. The van der Waals surface area contributed by atoms with Crippen molar-refractivity contribution >= 4 is 11.8 Å². The molecule has 2 amide bonds. The lowest BCUT2D eigenvalue weighted by atomic mass is 9.91. The molecule has 0 bridgehead atoms. The van der Waals surface area contributed by atoms with Gasteiger partial charge in [0.25, 0.3) is 11.8 Å². The molecule has 0 atom stereocenters. The van der Waals surface area contributed by atoms with Crippen molar-refractivity contribution in [3.8, 4) is 11.5 Å². The molecule has 3 rings (SSSR count). The number of amides is 2. The number of hydrogen-bond donors (Lipinski definition) is 1. The predicted octanol–water partition coefficient (Wildman–Crippen LogP) is 2.69. The largest absolute Gasteiger partial charge is 0.493 e. The van der Waals surface area contributed by atoms with Crippen LogP contribution in [-0.2, 0) is 0 Å². The summed E-state index contributed by atoms with van der Waals surface area (Å²) in [6.07, 6.45) is 5.14. The zero-order valence-electron chi connectivity index (χ0n) is 18.6. The highest BCUT2D eigenvalue weighted by Gasteiger charge is 2.26. The van der Waals surface area contributed by atoms with E-state index in [0.29, 0.717) is 35.8 Å². The maximum atomic E-state index is 12.7. The lowest BCUT2D eigenvalue weighted by molar-refractivity contribution is 0.0766. The van der Waals surface area contributed by atoms with E-state index < -0.39 is 0 Å². The van der Waals surface area contributed by atoms with Crippen LogP contribution in [0, 0.1) is 0 Å². The first-order valence-corrected chi connectivity index (χ1v) is 10.7. The third-order valence-corrected chi connectivity index (χ3v) is 5.83. The fourth-order valence-corrected chi connectivity index (χ4v) is 3.96. The van der Waals surface area contributed by atoms with Crippen molar-refractivity contribution in [2.24, 2.45) is 0 Å². The number of nitrogens with zero attached hydrogens (tertiary/aromatic N) is 4. The van der Waals surface area contributed by atoms with Gasteiger partial charge in [0.15, 0.2) is 17.2 Å². The number of nitrogens with one attached hydrogen (secondary N) is 1. The van der Waals surface area contributed by atoms with Crippen LogP contribution < -0.4 is 14.8 Å². The van der Waals surface area contributed by atoms with Gasteiger partial charge >= 0.3 is 0 Å². The number of rotatable bonds is 8. The van der Waals surface area contributed by atoms with Crippen molar-refractivity contribution in [3.05, 3.63) is 35.7 Å². The van der Waals surface area contributed by atoms with E-state index in [2.05, 4.69) is 15.6 Å². The number of benzene rings is 1. The molecule has 1 aliphatic carbocycles. The van der Waals surface area contributed by atoms with Crippen LogP contribution >= 0.6 is 0 Å². The quantitative estimate of drug-likeness (QED) is 0.693. The van der Waals surface area contributed by atoms with Gasteiger partial charge < -0.3 is 19.7 Å². The van der Waals surface area contributed by atoms with E-state index in [0.717, 1.165) is 25.7 Å². The average Bonchev–Trinajstić information content (AvgIpc) is 3.30. The van der Waals surface area contributed by atoms with Gasteiger partial charge in [-0.1, -0.05) is 5.21 Å². The molecule has 1 aromatic heterocycles. The number of carbonyl (C=O) groups excluding carboxylic acids is 2.